The fourth-order valence-electron chi connectivity index (χ4n) is 2.10. The molecule has 18 heavy (non-hydrogen) atoms. The Morgan fingerprint density at radius 2 is 2.00 bits per heavy atom. The average Bonchev–Trinajstić information content (AvgIpc) is 2.82. The van der Waals surface area contributed by atoms with Gasteiger partial charge in [0.2, 0.25) is 12.3 Å². The van der Waals surface area contributed by atoms with Gasteiger partial charge in [0.05, 0.1) is 6.54 Å². The van der Waals surface area contributed by atoms with E-state index in [0.717, 1.165) is 13.1 Å². The number of carbonyl (C=O) groups excluding carboxylic acids is 2. The highest BCUT2D eigenvalue weighted by Crippen LogP contribution is 2.14. The summed E-state index contributed by atoms with van der Waals surface area (Å²) in [6.45, 7) is 2.44. The minimum absolute atomic E-state index is 0.0137. The van der Waals surface area contributed by atoms with Crippen LogP contribution in [0.3, 0.4) is 0 Å². The number of amides is 2. The van der Waals surface area contributed by atoms with Gasteiger partial charge in [-0.2, -0.15) is 0 Å². The standard InChI is InChI=1S/C13H17N3O2/c17-10-14-11-4-3-5-12(8-11)15-13(18)9-16-6-1-2-7-16/h3-5,8,10H,1-2,6-7,9H2,(H,14,17)(H,15,18). The summed E-state index contributed by atoms with van der Waals surface area (Å²) in [6.07, 6.45) is 2.96. The number of hydrogen-bond acceptors (Lipinski definition) is 3. The Bertz CT molecular complexity index is 428. The van der Waals surface area contributed by atoms with E-state index < -0.39 is 0 Å². The maximum absolute atomic E-state index is 11.8. The van der Waals surface area contributed by atoms with Crippen molar-refractivity contribution in [2.45, 2.75) is 12.8 Å². The third-order valence-electron chi connectivity index (χ3n) is 2.94. The summed E-state index contributed by atoms with van der Waals surface area (Å²) in [5.41, 5.74) is 1.37. The van der Waals surface area contributed by atoms with Crippen LogP contribution in [0.4, 0.5) is 11.4 Å². The van der Waals surface area contributed by atoms with Crippen molar-refractivity contribution < 1.29 is 9.59 Å². The lowest BCUT2D eigenvalue weighted by atomic mass is 10.2. The first-order chi connectivity index (χ1) is 8.78. The van der Waals surface area contributed by atoms with Gasteiger partial charge < -0.3 is 10.6 Å². The van der Waals surface area contributed by atoms with Crippen LogP contribution < -0.4 is 10.6 Å². The van der Waals surface area contributed by atoms with Crippen molar-refractivity contribution in [3.8, 4) is 0 Å². The van der Waals surface area contributed by atoms with Crippen LogP contribution in [-0.4, -0.2) is 36.9 Å². The van der Waals surface area contributed by atoms with E-state index in [0.29, 0.717) is 24.3 Å². The molecule has 1 aliphatic rings. The highest BCUT2D eigenvalue weighted by Gasteiger charge is 2.14. The lowest BCUT2D eigenvalue weighted by Gasteiger charge is -2.14. The Hall–Kier alpha value is -1.88. The van der Waals surface area contributed by atoms with Crippen molar-refractivity contribution in [2.24, 2.45) is 0 Å². The molecule has 0 unspecified atom stereocenters. The van der Waals surface area contributed by atoms with Gasteiger partial charge in [0.1, 0.15) is 0 Å². The number of benzene rings is 1. The smallest absolute Gasteiger partial charge is 0.238 e. The number of likely N-dealkylation sites (tertiary alicyclic amines) is 1. The predicted molar refractivity (Wildman–Crippen MR) is 70.4 cm³/mol. The molecular weight excluding hydrogens is 230 g/mol. The summed E-state index contributed by atoms with van der Waals surface area (Å²) < 4.78 is 0. The minimum Gasteiger partial charge on any atom is -0.329 e. The zero-order valence-electron chi connectivity index (χ0n) is 10.2. The molecule has 0 bridgehead atoms. The Morgan fingerprint density at radius 3 is 2.72 bits per heavy atom. The first kappa shape index (κ1) is 12.6. The van der Waals surface area contributed by atoms with Gasteiger partial charge in [-0.15, -0.1) is 0 Å². The Kier molecular flexibility index (Phi) is 4.30. The van der Waals surface area contributed by atoms with Crippen LogP contribution in [0, 0.1) is 0 Å². The number of rotatable bonds is 5. The molecule has 1 aliphatic heterocycles. The first-order valence-corrected chi connectivity index (χ1v) is 6.10. The topological polar surface area (TPSA) is 61.4 Å². The summed E-state index contributed by atoms with van der Waals surface area (Å²) in [7, 11) is 0. The maximum Gasteiger partial charge on any atom is 0.238 e. The van der Waals surface area contributed by atoms with Crippen molar-refractivity contribution in [3.05, 3.63) is 24.3 Å². The summed E-state index contributed by atoms with van der Waals surface area (Å²) in [4.78, 5) is 24.3. The SMILES string of the molecule is O=CNc1cccc(NC(=O)CN2CCCC2)c1. The van der Waals surface area contributed by atoms with Gasteiger partial charge in [-0.3, -0.25) is 14.5 Å². The second-order valence-corrected chi connectivity index (χ2v) is 4.37. The first-order valence-electron chi connectivity index (χ1n) is 6.10. The van der Waals surface area contributed by atoms with E-state index in [-0.39, 0.29) is 5.91 Å². The molecular formula is C13H17N3O2. The van der Waals surface area contributed by atoms with Gasteiger partial charge in [-0.1, -0.05) is 6.07 Å². The van der Waals surface area contributed by atoms with Crippen LogP contribution in [0.15, 0.2) is 24.3 Å². The molecule has 5 heteroatoms. The molecule has 96 valence electrons. The zero-order chi connectivity index (χ0) is 12.8. The van der Waals surface area contributed by atoms with E-state index in [1.807, 2.05) is 0 Å². The number of nitrogens with zero attached hydrogens (tertiary/aromatic N) is 1. The number of carbonyl (C=O) groups is 2. The lowest BCUT2D eigenvalue weighted by Crippen LogP contribution is -2.30. The molecule has 5 nitrogen and oxygen atoms in total. The van der Waals surface area contributed by atoms with E-state index in [9.17, 15) is 9.59 Å². The van der Waals surface area contributed by atoms with Gasteiger partial charge in [-0.05, 0) is 44.1 Å². The Labute approximate surface area is 106 Å². The highest BCUT2D eigenvalue weighted by atomic mass is 16.2. The molecule has 0 radical (unpaired) electrons. The molecule has 0 aliphatic carbocycles. The fourth-order valence-corrected chi connectivity index (χ4v) is 2.10. The molecule has 2 amide bonds. The van der Waals surface area contributed by atoms with E-state index in [1.54, 1.807) is 24.3 Å². The summed E-state index contributed by atoms with van der Waals surface area (Å²) in [5, 5.41) is 5.38. The molecule has 0 spiro atoms. The molecule has 0 atom stereocenters. The van der Waals surface area contributed by atoms with Gasteiger partial charge in [0.25, 0.3) is 0 Å². The Morgan fingerprint density at radius 1 is 1.28 bits per heavy atom. The molecule has 1 aromatic rings. The van der Waals surface area contributed by atoms with Crippen LogP contribution >= 0.6 is 0 Å². The maximum atomic E-state index is 11.8. The quantitative estimate of drug-likeness (QED) is 0.771. The van der Waals surface area contributed by atoms with Crippen LogP contribution in [0.25, 0.3) is 0 Å². The molecule has 1 fully saturated rings. The summed E-state index contributed by atoms with van der Waals surface area (Å²) >= 11 is 0. The molecule has 0 aromatic heterocycles. The van der Waals surface area contributed by atoms with E-state index >= 15 is 0 Å². The third kappa shape index (κ3) is 3.56. The second-order valence-electron chi connectivity index (χ2n) is 4.37. The van der Waals surface area contributed by atoms with Crippen LogP contribution in [0.1, 0.15) is 12.8 Å². The largest absolute Gasteiger partial charge is 0.329 e. The molecule has 2 rings (SSSR count). The van der Waals surface area contributed by atoms with Gasteiger partial charge in [-0.25, -0.2) is 0 Å². The van der Waals surface area contributed by atoms with Crippen LogP contribution in [0.2, 0.25) is 0 Å². The minimum atomic E-state index is -0.0137. The normalized spacial score (nSPS) is 15.3. The fraction of sp³-hybridized carbons (Fsp3) is 0.385. The second kappa shape index (κ2) is 6.16. The average molecular weight is 247 g/mol. The Balaban J connectivity index is 1.89. The van der Waals surface area contributed by atoms with Crippen LogP contribution in [-0.2, 0) is 9.59 Å². The number of anilines is 2. The van der Waals surface area contributed by atoms with Gasteiger partial charge in [0.15, 0.2) is 0 Å². The monoisotopic (exact) mass is 247 g/mol. The van der Waals surface area contributed by atoms with Gasteiger partial charge >= 0.3 is 0 Å². The van der Waals surface area contributed by atoms with E-state index in [2.05, 4.69) is 15.5 Å². The lowest BCUT2D eigenvalue weighted by molar-refractivity contribution is -0.117. The van der Waals surface area contributed by atoms with Crippen molar-refractivity contribution in [1.82, 2.24) is 4.90 Å². The van der Waals surface area contributed by atoms with Crippen molar-refractivity contribution in [3.63, 3.8) is 0 Å². The summed E-state index contributed by atoms with van der Waals surface area (Å²) in [5.74, 6) is -0.0137. The van der Waals surface area contributed by atoms with Crippen LogP contribution in [0.5, 0.6) is 0 Å². The molecule has 2 N–H and O–H groups in total. The number of hydrogen-bond donors (Lipinski definition) is 2. The van der Waals surface area contributed by atoms with Crippen molar-refractivity contribution in [2.75, 3.05) is 30.3 Å². The van der Waals surface area contributed by atoms with Gasteiger partial charge in [0, 0.05) is 11.4 Å². The van der Waals surface area contributed by atoms with Crippen molar-refractivity contribution >= 4 is 23.7 Å². The summed E-state index contributed by atoms with van der Waals surface area (Å²) in [6, 6.07) is 7.09. The zero-order valence-corrected chi connectivity index (χ0v) is 10.2. The molecule has 1 heterocycles. The number of nitrogens with one attached hydrogen (secondary N) is 2. The highest BCUT2D eigenvalue weighted by molar-refractivity contribution is 5.93. The molecule has 1 saturated heterocycles. The van der Waals surface area contributed by atoms with E-state index in [4.69, 9.17) is 0 Å². The predicted octanol–water partition coefficient (Wildman–Crippen LogP) is 1.29. The molecule has 1 aromatic carbocycles. The van der Waals surface area contributed by atoms with E-state index in [1.165, 1.54) is 12.8 Å². The third-order valence-corrected chi connectivity index (χ3v) is 2.94. The van der Waals surface area contributed by atoms with Crippen molar-refractivity contribution in [1.29, 1.82) is 0 Å². The molecule has 0 saturated carbocycles.